The fraction of sp³-hybridized carbons (Fsp3) is 0.440. The number of β-amino-alcohol motifs (C(OH)–C–C–N with tert-alkyl or cyclic N) is 1. The molecule has 0 amide bonds. The van der Waals surface area contributed by atoms with E-state index in [9.17, 15) is 5.11 Å². The molecule has 1 aromatic heterocycles. The standard InChI is InChI=1S/C25H30N2O2/c1-17-10-11-22-21(14-17)20-7-5-8-23-25(20)27(22)13-12-26(23)15-19(28)16-29-24-9-4-3-6-18(24)2/h3-4,6,9-11,14,19,23,28H,5,7-8,12-13,15-16H2,1-2H3/t19-,23+/m0/s1. The molecule has 1 aliphatic heterocycles. The second kappa shape index (κ2) is 7.51. The van der Waals surface area contributed by atoms with Gasteiger partial charge in [-0.2, -0.15) is 0 Å². The van der Waals surface area contributed by atoms with Crippen molar-refractivity contribution < 1.29 is 9.84 Å². The van der Waals surface area contributed by atoms with Gasteiger partial charge in [0.05, 0.1) is 6.04 Å². The number of aliphatic hydroxyl groups excluding tert-OH is 1. The van der Waals surface area contributed by atoms with Gasteiger partial charge in [-0.3, -0.25) is 4.90 Å². The largest absolute Gasteiger partial charge is 0.491 e. The number of rotatable bonds is 5. The molecule has 1 N–H and O–H groups in total. The summed E-state index contributed by atoms with van der Waals surface area (Å²) in [6, 6.07) is 15.3. The fourth-order valence-corrected chi connectivity index (χ4v) is 5.24. The van der Waals surface area contributed by atoms with Crippen molar-refractivity contribution in [3.8, 4) is 5.75 Å². The highest BCUT2D eigenvalue weighted by molar-refractivity contribution is 5.87. The first kappa shape index (κ1) is 18.7. The van der Waals surface area contributed by atoms with Gasteiger partial charge in [0.15, 0.2) is 0 Å². The maximum Gasteiger partial charge on any atom is 0.122 e. The molecule has 0 unspecified atom stereocenters. The quantitative estimate of drug-likeness (QED) is 0.702. The predicted molar refractivity (Wildman–Crippen MR) is 117 cm³/mol. The number of nitrogens with zero attached hydrogens (tertiary/aromatic N) is 2. The number of hydrogen-bond donors (Lipinski definition) is 1. The van der Waals surface area contributed by atoms with Crippen LogP contribution in [-0.2, 0) is 13.0 Å². The van der Waals surface area contributed by atoms with Crippen molar-refractivity contribution in [2.24, 2.45) is 0 Å². The third kappa shape index (κ3) is 3.34. The van der Waals surface area contributed by atoms with E-state index in [2.05, 4.69) is 34.6 Å². The van der Waals surface area contributed by atoms with Gasteiger partial charge in [0.2, 0.25) is 0 Å². The van der Waals surface area contributed by atoms with Gasteiger partial charge in [0.1, 0.15) is 18.5 Å². The molecule has 4 heteroatoms. The lowest BCUT2D eigenvalue weighted by Crippen LogP contribution is -2.44. The molecule has 29 heavy (non-hydrogen) atoms. The lowest BCUT2D eigenvalue weighted by atomic mass is 9.89. The van der Waals surface area contributed by atoms with Crippen LogP contribution in [0.3, 0.4) is 0 Å². The average Bonchev–Trinajstić information content (AvgIpc) is 3.04. The molecular formula is C25H30N2O2. The summed E-state index contributed by atoms with van der Waals surface area (Å²) in [7, 11) is 0. The summed E-state index contributed by atoms with van der Waals surface area (Å²) >= 11 is 0. The molecule has 1 aliphatic carbocycles. The van der Waals surface area contributed by atoms with Crippen molar-refractivity contribution in [2.75, 3.05) is 19.7 Å². The van der Waals surface area contributed by atoms with Crippen LogP contribution in [-0.4, -0.2) is 40.4 Å². The van der Waals surface area contributed by atoms with E-state index in [4.69, 9.17) is 4.74 Å². The average molecular weight is 391 g/mol. The van der Waals surface area contributed by atoms with Crippen LogP contribution in [0.1, 0.15) is 41.3 Å². The summed E-state index contributed by atoms with van der Waals surface area (Å²) in [5.41, 5.74) is 6.86. The monoisotopic (exact) mass is 390 g/mol. The minimum atomic E-state index is -0.488. The van der Waals surface area contributed by atoms with Crippen molar-refractivity contribution in [1.82, 2.24) is 9.47 Å². The molecule has 0 bridgehead atoms. The van der Waals surface area contributed by atoms with Gasteiger partial charge >= 0.3 is 0 Å². The summed E-state index contributed by atoms with van der Waals surface area (Å²) in [6.45, 7) is 7.20. The highest BCUT2D eigenvalue weighted by Crippen LogP contribution is 2.42. The Balaban J connectivity index is 1.35. The number of para-hydroxylation sites is 1. The summed E-state index contributed by atoms with van der Waals surface area (Å²) in [6.07, 6.45) is 3.08. The Morgan fingerprint density at radius 2 is 2.00 bits per heavy atom. The first-order chi connectivity index (χ1) is 14.1. The molecule has 152 valence electrons. The number of ether oxygens (including phenoxy) is 1. The molecule has 0 saturated carbocycles. The molecule has 2 aromatic carbocycles. The van der Waals surface area contributed by atoms with Gasteiger partial charge in [-0.1, -0.05) is 29.8 Å². The first-order valence-electron chi connectivity index (χ1n) is 10.8. The van der Waals surface area contributed by atoms with Crippen LogP contribution >= 0.6 is 0 Å². The summed E-state index contributed by atoms with van der Waals surface area (Å²) in [4.78, 5) is 2.48. The van der Waals surface area contributed by atoms with E-state index in [0.717, 1.165) is 24.4 Å². The highest BCUT2D eigenvalue weighted by atomic mass is 16.5. The molecule has 2 atom stereocenters. The Bertz CT molecular complexity index is 1040. The van der Waals surface area contributed by atoms with Crippen LogP contribution in [0.15, 0.2) is 42.5 Å². The lowest BCUT2D eigenvalue weighted by molar-refractivity contribution is 0.0373. The highest BCUT2D eigenvalue weighted by Gasteiger charge is 2.35. The van der Waals surface area contributed by atoms with Gasteiger partial charge in [0, 0.05) is 36.2 Å². The van der Waals surface area contributed by atoms with Crippen molar-refractivity contribution in [3.05, 3.63) is 64.8 Å². The minimum absolute atomic E-state index is 0.336. The van der Waals surface area contributed by atoms with E-state index in [1.54, 1.807) is 0 Å². The summed E-state index contributed by atoms with van der Waals surface area (Å²) in [5.74, 6) is 0.862. The predicted octanol–water partition coefficient (Wildman–Crippen LogP) is 4.39. The maximum absolute atomic E-state index is 10.7. The third-order valence-corrected chi connectivity index (χ3v) is 6.61. The Kier molecular flexibility index (Phi) is 4.84. The van der Waals surface area contributed by atoms with Crippen LogP contribution in [0.5, 0.6) is 5.75 Å². The van der Waals surface area contributed by atoms with Gasteiger partial charge in [0.25, 0.3) is 0 Å². The minimum Gasteiger partial charge on any atom is -0.491 e. The summed E-state index contributed by atoms with van der Waals surface area (Å²) < 4.78 is 8.44. The first-order valence-corrected chi connectivity index (χ1v) is 10.8. The second-order valence-electron chi connectivity index (χ2n) is 8.67. The molecule has 2 heterocycles. The van der Waals surface area contributed by atoms with E-state index < -0.39 is 6.10 Å². The Hall–Kier alpha value is -2.30. The van der Waals surface area contributed by atoms with Crippen LogP contribution in [0.2, 0.25) is 0 Å². The van der Waals surface area contributed by atoms with Crippen molar-refractivity contribution >= 4 is 10.9 Å². The van der Waals surface area contributed by atoms with Gasteiger partial charge < -0.3 is 14.4 Å². The van der Waals surface area contributed by atoms with E-state index >= 15 is 0 Å². The topological polar surface area (TPSA) is 37.6 Å². The van der Waals surface area contributed by atoms with Gasteiger partial charge in [-0.05, 0) is 62.4 Å². The maximum atomic E-state index is 10.7. The Labute approximate surface area is 172 Å². The number of hydrogen-bond acceptors (Lipinski definition) is 3. The lowest BCUT2D eigenvalue weighted by Gasteiger charge is -2.40. The molecule has 0 spiro atoms. The fourth-order valence-electron chi connectivity index (χ4n) is 5.24. The third-order valence-electron chi connectivity index (χ3n) is 6.61. The molecule has 0 saturated heterocycles. The Morgan fingerprint density at radius 3 is 2.86 bits per heavy atom. The van der Waals surface area contributed by atoms with Crippen LogP contribution in [0.4, 0.5) is 0 Å². The van der Waals surface area contributed by atoms with E-state index in [1.807, 2.05) is 31.2 Å². The number of aryl methyl sites for hydroxylation is 3. The summed E-state index contributed by atoms with van der Waals surface area (Å²) in [5, 5.41) is 12.1. The Morgan fingerprint density at radius 1 is 1.14 bits per heavy atom. The van der Waals surface area contributed by atoms with Crippen molar-refractivity contribution in [3.63, 3.8) is 0 Å². The number of aromatic nitrogens is 1. The zero-order valence-corrected chi connectivity index (χ0v) is 17.4. The molecule has 0 radical (unpaired) electrons. The zero-order valence-electron chi connectivity index (χ0n) is 17.4. The van der Waals surface area contributed by atoms with Crippen molar-refractivity contribution in [1.29, 1.82) is 0 Å². The van der Waals surface area contributed by atoms with Gasteiger partial charge in [-0.15, -0.1) is 0 Å². The number of benzene rings is 2. The normalized spacial score (nSPS) is 19.9. The van der Waals surface area contributed by atoms with E-state index in [-0.39, 0.29) is 0 Å². The van der Waals surface area contributed by atoms with Crippen LogP contribution in [0.25, 0.3) is 10.9 Å². The zero-order chi connectivity index (χ0) is 20.0. The van der Waals surface area contributed by atoms with E-state index in [0.29, 0.717) is 19.2 Å². The van der Waals surface area contributed by atoms with Crippen LogP contribution < -0.4 is 4.74 Å². The van der Waals surface area contributed by atoms with E-state index in [1.165, 1.54) is 47.0 Å². The number of aliphatic hydroxyl groups is 1. The van der Waals surface area contributed by atoms with Gasteiger partial charge in [-0.25, -0.2) is 0 Å². The van der Waals surface area contributed by atoms with Crippen molar-refractivity contribution in [2.45, 2.75) is 51.8 Å². The molecular weight excluding hydrogens is 360 g/mol. The molecule has 5 rings (SSSR count). The number of fused-ring (bicyclic) bond motifs is 3. The second-order valence-corrected chi connectivity index (χ2v) is 8.67. The molecule has 2 aliphatic rings. The van der Waals surface area contributed by atoms with Crippen LogP contribution in [0, 0.1) is 13.8 Å². The SMILES string of the molecule is Cc1ccc2c(c1)c1c3n2CCN(C[C@H](O)COc2ccccc2C)[C@@H]3CCC1. The smallest absolute Gasteiger partial charge is 0.122 e. The molecule has 4 nitrogen and oxygen atoms in total. The molecule has 3 aromatic rings. The molecule has 0 fully saturated rings.